The summed E-state index contributed by atoms with van der Waals surface area (Å²) in [6.07, 6.45) is 4.27. The molecule has 0 unspecified atom stereocenters. The molecule has 0 bridgehead atoms. The van der Waals surface area contributed by atoms with Crippen molar-refractivity contribution in [2.75, 3.05) is 39.0 Å². The zero-order valence-electron chi connectivity index (χ0n) is 21.8. The second kappa shape index (κ2) is 11.7. The highest BCUT2D eigenvalue weighted by atomic mass is 32.2. The van der Waals surface area contributed by atoms with Crippen LogP contribution in [0.4, 0.5) is 0 Å². The molecular formula is C27H34N4O4S2. The van der Waals surface area contributed by atoms with Crippen molar-refractivity contribution in [1.29, 1.82) is 0 Å². The zero-order valence-corrected chi connectivity index (χ0v) is 23.4. The third-order valence-corrected chi connectivity index (χ3v) is 8.28. The van der Waals surface area contributed by atoms with E-state index in [0.717, 1.165) is 54.4 Å². The van der Waals surface area contributed by atoms with Crippen LogP contribution in [0.1, 0.15) is 48.3 Å². The van der Waals surface area contributed by atoms with Crippen LogP contribution in [0.3, 0.4) is 0 Å². The highest BCUT2D eigenvalue weighted by Crippen LogP contribution is 2.29. The van der Waals surface area contributed by atoms with E-state index < -0.39 is 9.84 Å². The van der Waals surface area contributed by atoms with E-state index >= 15 is 0 Å². The summed E-state index contributed by atoms with van der Waals surface area (Å²) < 4.78 is 30.1. The largest absolute Gasteiger partial charge is 0.491 e. The lowest BCUT2D eigenvalue weighted by molar-refractivity contribution is 0.0756. The molecule has 1 saturated heterocycles. The molecule has 0 atom stereocenters. The lowest BCUT2D eigenvalue weighted by Crippen LogP contribution is -2.35. The van der Waals surface area contributed by atoms with Crippen molar-refractivity contribution >= 4 is 27.1 Å². The fourth-order valence-corrected chi connectivity index (χ4v) is 5.80. The molecule has 8 nitrogen and oxygen atoms in total. The molecular weight excluding hydrogens is 508 g/mol. The Bertz CT molecular complexity index is 1340. The van der Waals surface area contributed by atoms with Crippen molar-refractivity contribution in [3.63, 3.8) is 0 Å². The highest BCUT2D eigenvalue weighted by Gasteiger charge is 2.21. The molecule has 10 heteroatoms. The number of sulfone groups is 1. The zero-order chi connectivity index (χ0) is 26.6. The van der Waals surface area contributed by atoms with Crippen LogP contribution < -0.4 is 4.74 Å². The van der Waals surface area contributed by atoms with E-state index in [-0.39, 0.29) is 16.9 Å². The Kier molecular flexibility index (Phi) is 8.61. The molecule has 0 saturated carbocycles. The standard InChI is InChI=1S/C27H34N4O4S2/c1-5-30-11-6-12-31(14-13-30)27(32)23-9-7-20(17-28-23)24-18-36-26(29-24)16-21-15-22(37(4,33)34)8-10-25(21)35-19(2)3/h7-10,15,17-19H,5-6,11-14,16H2,1-4H3. The maximum atomic E-state index is 13.0. The summed E-state index contributed by atoms with van der Waals surface area (Å²) in [5, 5.41) is 2.78. The molecule has 0 N–H and O–H groups in total. The normalized spacial score (nSPS) is 15.1. The van der Waals surface area contributed by atoms with E-state index in [4.69, 9.17) is 9.72 Å². The predicted octanol–water partition coefficient (Wildman–Crippen LogP) is 4.15. The monoisotopic (exact) mass is 542 g/mol. The first-order chi connectivity index (χ1) is 17.6. The Hall–Kier alpha value is -2.82. The second-order valence-electron chi connectivity index (χ2n) is 9.52. The van der Waals surface area contributed by atoms with Gasteiger partial charge in [-0.1, -0.05) is 6.92 Å². The number of ether oxygens (including phenoxy) is 1. The summed E-state index contributed by atoms with van der Waals surface area (Å²) in [7, 11) is -3.34. The third kappa shape index (κ3) is 6.94. The number of benzene rings is 1. The minimum atomic E-state index is -3.34. The number of carbonyl (C=O) groups excluding carboxylic acids is 1. The van der Waals surface area contributed by atoms with Gasteiger partial charge in [-0.2, -0.15) is 0 Å². The van der Waals surface area contributed by atoms with Gasteiger partial charge in [0, 0.05) is 55.0 Å². The molecule has 1 aliphatic rings. The van der Waals surface area contributed by atoms with Gasteiger partial charge >= 0.3 is 0 Å². The number of aromatic nitrogens is 2. The van der Waals surface area contributed by atoms with E-state index in [0.29, 0.717) is 24.4 Å². The van der Waals surface area contributed by atoms with Crippen molar-refractivity contribution in [2.45, 2.75) is 44.6 Å². The SMILES string of the molecule is CCN1CCCN(C(=O)c2ccc(-c3csc(Cc4cc(S(C)(=O)=O)ccc4OC(C)C)n3)cn2)CC1. The smallest absolute Gasteiger partial charge is 0.272 e. The fourth-order valence-electron chi connectivity index (χ4n) is 4.31. The summed E-state index contributed by atoms with van der Waals surface area (Å²) in [6, 6.07) is 8.60. The second-order valence-corrected chi connectivity index (χ2v) is 12.5. The average Bonchev–Trinajstić information content (AvgIpc) is 3.19. The van der Waals surface area contributed by atoms with E-state index in [2.05, 4.69) is 16.8 Å². The molecule has 37 heavy (non-hydrogen) atoms. The number of rotatable bonds is 8. The van der Waals surface area contributed by atoms with Crippen molar-refractivity contribution in [3.8, 4) is 17.0 Å². The molecule has 1 fully saturated rings. The Balaban J connectivity index is 1.49. The number of likely N-dealkylation sites (N-methyl/N-ethyl adjacent to an activating group) is 1. The van der Waals surface area contributed by atoms with Gasteiger partial charge in [0.1, 0.15) is 11.4 Å². The van der Waals surface area contributed by atoms with Gasteiger partial charge in [-0.25, -0.2) is 13.4 Å². The van der Waals surface area contributed by atoms with E-state index in [1.165, 1.54) is 17.6 Å². The molecule has 0 radical (unpaired) electrons. The Morgan fingerprint density at radius 3 is 2.62 bits per heavy atom. The number of amides is 1. The van der Waals surface area contributed by atoms with Crippen LogP contribution in [-0.4, -0.2) is 79.2 Å². The topological polar surface area (TPSA) is 92.7 Å². The van der Waals surface area contributed by atoms with Crippen LogP contribution in [0.25, 0.3) is 11.3 Å². The summed E-state index contributed by atoms with van der Waals surface area (Å²) in [5.74, 6) is 0.617. The lowest BCUT2D eigenvalue weighted by atomic mass is 10.1. The van der Waals surface area contributed by atoms with Gasteiger partial charge in [-0.05, 0) is 63.7 Å². The minimum absolute atomic E-state index is 0.0353. The maximum absolute atomic E-state index is 13.0. The van der Waals surface area contributed by atoms with Crippen molar-refractivity contribution in [2.24, 2.45) is 0 Å². The minimum Gasteiger partial charge on any atom is -0.491 e. The number of nitrogens with zero attached hydrogens (tertiary/aromatic N) is 4. The summed E-state index contributed by atoms with van der Waals surface area (Å²) in [6.45, 7) is 10.4. The van der Waals surface area contributed by atoms with Gasteiger partial charge in [-0.3, -0.25) is 9.78 Å². The number of carbonyl (C=O) groups is 1. The Morgan fingerprint density at radius 1 is 1.14 bits per heavy atom. The predicted molar refractivity (Wildman–Crippen MR) is 146 cm³/mol. The van der Waals surface area contributed by atoms with Gasteiger partial charge in [0.15, 0.2) is 9.84 Å². The number of pyridine rings is 1. The van der Waals surface area contributed by atoms with E-state index in [1.54, 1.807) is 30.5 Å². The molecule has 1 aromatic carbocycles. The summed E-state index contributed by atoms with van der Waals surface area (Å²) in [4.78, 5) is 26.7. The fraction of sp³-hybridized carbons (Fsp3) is 0.444. The summed E-state index contributed by atoms with van der Waals surface area (Å²) in [5.41, 5.74) is 2.81. The first-order valence-corrected chi connectivity index (χ1v) is 15.3. The third-order valence-electron chi connectivity index (χ3n) is 6.32. The van der Waals surface area contributed by atoms with Crippen LogP contribution in [0.2, 0.25) is 0 Å². The van der Waals surface area contributed by atoms with Crippen LogP contribution in [0.5, 0.6) is 5.75 Å². The molecule has 3 aromatic rings. The molecule has 0 spiro atoms. The molecule has 198 valence electrons. The molecule has 1 amide bonds. The van der Waals surface area contributed by atoms with Gasteiger partial charge < -0.3 is 14.5 Å². The maximum Gasteiger partial charge on any atom is 0.272 e. The van der Waals surface area contributed by atoms with Gasteiger partial charge in [-0.15, -0.1) is 11.3 Å². The van der Waals surface area contributed by atoms with Gasteiger partial charge in [0.25, 0.3) is 5.91 Å². The average molecular weight is 543 g/mol. The van der Waals surface area contributed by atoms with E-state index in [9.17, 15) is 13.2 Å². The van der Waals surface area contributed by atoms with Crippen LogP contribution in [0, 0.1) is 0 Å². The van der Waals surface area contributed by atoms with E-state index in [1.807, 2.05) is 30.2 Å². The van der Waals surface area contributed by atoms with Crippen LogP contribution >= 0.6 is 11.3 Å². The quantitative estimate of drug-likeness (QED) is 0.422. The molecule has 0 aliphatic carbocycles. The Morgan fingerprint density at radius 2 is 1.95 bits per heavy atom. The number of hydrogen-bond donors (Lipinski definition) is 0. The van der Waals surface area contributed by atoms with Crippen LogP contribution in [0.15, 0.2) is 46.8 Å². The van der Waals surface area contributed by atoms with Crippen molar-refractivity contribution < 1.29 is 17.9 Å². The van der Waals surface area contributed by atoms with Gasteiger partial charge in [0.05, 0.1) is 21.7 Å². The molecule has 4 rings (SSSR count). The van der Waals surface area contributed by atoms with Crippen molar-refractivity contribution in [1.82, 2.24) is 19.8 Å². The summed E-state index contributed by atoms with van der Waals surface area (Å²) >= 11 is 1.49. The highest BCUT2D eigenvalue weighted by molar-refractivity contribution is 7.90. The molecule has 2 aromatic heterocycles. The molecule has 1 aliphatic heterocycles. The number of thiazole rings is 1. The first-order valence-electron chi connectivity index (χ1n) is 12.6. The van der Waals surface area contributed by atoms with Crippen LogP contribution in [-0.2, 0) is 16.3 Å². The molecule has 3 heterocycles. The van der Waals surface area contributed by atoms with Gasteiger partial charge in [0.2, 0.25) is 0 Å². The lowest BCUT2D eigenvalue weighted by Gasteiger charge is -2.20. The first kappa shape index (κ1) is 27.2. The number of hydrogen-bond acceptors (Lipinski definition) is 8. The Labute approximate surface area is 223 Å². The van der Waals surface area contributed by atoms with Crippen molar-refractivity contribution in [3.05, 3.63) is 58.2 Å².